The number of amides is 1. The lowest BCUT2D eigenvalue weighted by Crippen LogP contribution is -2.20. The molecule has 8 heteroatoms. The molecule has 1 aromatic heterocycles. The Morgan fingerprint density at radius 1 is 0.941 bits per heavy atom. The molecule has 0 spiro atoms. The largest absolute Gasteiger partial charge is 0.284 e. The number of nitrogens with one attached hydrogen (secondary N) is 2. The molecule has 0 atom stereocenters. The third kappa shape index (κ3) is 5.47. The van der Waals surface area contributed by atoms with E-state index in [-0.39, 0.29) is 5.91 Å². The molecule has 0 aliphatic rings. The van der Waals surface area contributed by atoms with Crippen LogP contribution in [0.5, 0.6) is 0 Å². The van der Waals surface area contributed by atoms with Gasteiger partial charge in [0.15, 0.2) is 0 Å². The molecule has 0 saturated carbocycles. The van der Waals surface area contributed by atoms with E-state index in [1.807, 2.05) is 55.5 Å². The molecule has 0 bridgehead atoms. The van der Waals surface area contributed by atoms with Gasteiger partial charge in [-0.1, -0.05) is 54.1 Å². The fraction of sp³-hybridized carbons (Fsp3) is 0.115. The zero-order chi connectivity index (χ0) is 24.3. The highest BCUT2D eigenvalue weighted by atomic mass is 32.2. The fourth-order valence-electron chi connectivity index (χ4n) is 3.57. The summed E-state index contributed by atoms with van der Waals surface area (Å²) in [5.74, 6) is -0.345. The topological polar surface area (TPSA) is 101 Å². The molecular formula is C26H24N4O3S. The van der Waals surface area contributed by atoms with Gasteiger partial charge in [0.1, 0.15) is 0 Å². The van der Waals surface area contributed by atoms with Crippen LogP contribution in [0, 0.1) is 6.92 Å². The first kappa shape index (κ1) is 23.1. The Hall–Kier alpha value is -4.04. The van der Waals surface area contributed by atoms with Crippen LogP contribution in [-0.2, 0) is 10.0 Å². The summed E-state index contributed by atoms with van der Waals surface area (Å²) in [6, 6.07) is 24.0. The maximum absolute atomic E-state index is 13.1. The van der Waals surface area contributed by atoms with Crippen LogP contribution in [0.2, 0.25) is 0 Å². The van der Waals surface area contributed by atoms with Crippen LogP contribution in [0.1, 0.15) is 28.4 Å². The van der Waals surface area contributed by atoms with Crippen molar-refractivity contribution < 1.29 is 13.2 Å². The minimum absolute atomic E-state index is 0.345. The molecule has 4 rings (SSSR count). The summed E-state index contributed by atoms with van der Waals surface area (Å²) in [5.41, 5.74) is 8.38. The predicted molar refractivity (Wildman–Crippen MR) is 137 cm³/mol. The Morgan fingerprint density at radius 2 is 1.68 bits per heavy atom. The Balaban J connectivity index is 1.62. The predicted octanol–water partition coefficient (Wildman–Crippen LogP) is 4.74. The number of para-hydroxylation sites is 1. The van der Waals surface area contributed by atoms with Crippen LogP contribution in [0.4, 0.5) is 5.69 Å². The van der Waals surface area contributed by atoms with E-state index in [0.717, 1.165) is 33.8 Å². The number of benzene rings is 3. The zero-order valence-electron chi connectivity index (χ0n) is 19.0. The lowest BCUT2D eigenvalue weighted by atomic mass is 10.0. The van der Waals surface area contributed by atoms with Crippen molar-refractivity contribution in [1.29, 1.82) is 0 Å². The summed E-state index contributed by atoms with van der Waals surface area (Å²) < 4.78 is 25.2. The van der Waals surface area contributed by atoms with Gasteiger partial charge >= 0.3 is 0 Å². The van der Waals surface area contributed by atoms with E-state index in [0.29, 0.717) is 22.7 Å². The van der Waals surface area contributed by atoms with Crippen LogP contribution in [-0.4, -0.2) is 31.3 Å². The van der Waals surface area contributed by atoms with Crippen LogP contribution < -0.4 is 10.1 Å². The van der Waals surface area contributed by atoms with Crippen LogP contribution in [0.15, 0.2) is 84.0 Å². The van der Waals surface area contributed by atoms with E-state index in [1.54, 1.807) is 37.3 Å². The average Bonchev–Trinajstić information content (AvgIpc) is 2.81. The number of pyridine rings is 1. The first-order valence-corrected chi connectivity index (χ1v) is 12.5. The molecule has 4 aromatic rings. The molecule has 3 aromatic carbocycles. The third-order valence-electron chi connectivity index (χ3n) is 5.21. The number of fused-ring (bicyclic) bond motifs is 1. The summed E-state index contributed by atoms with van der Waals surface area (Å²) in [6.07, 6.45) is 1.09. The van der Waals surface area contributed by atoms with Crippen molar-refractivity contribution in [2.45, 2.75) is 13.8 Å². The number of rotatable bonds is 6. The van der Waals surface area contributed by atoms with Crippen molar-refractivity contribution in [3.63, 3.8) is 0 Å². The highest BCUT2D eigenvalue weighted by molar-refractivity contribution is 7.92. The molecule has 0 saturated heterocycles. The second-order valence-corrected chi connectivity index (χ2v) is 9.78. The van der Waals surface area contributed by atoms with Gasteiger partial charge in [-0.15, -0.1) is 0 Å². The molecule has 1 heterocycles. The number of carbonyl (C=O) groups is 1. The number of sulfonamides is 1. The van der Waals surface area contributed by atoms with Crippen molar-refractivity contribution in [1.82, 2.24) is 10.4 Å². The number of hydrogen-bond acceptors (Lipinski definition) is 5. The van der Waals surface area contributed by atoms with Crippen LogP contribution in [0.25, 0.3) is 22.2 Å². The molecule has 0 unspecified atom stereocenters. The van der Waals surface area contributed by atoms with Crippen molar-refractivity contribution in [2.75, 3.05) is 11.0 Å². The first-order valence-electron chi connectivity index (χ1n) is 10.6. The second-order valence-electron chi connectivity index (χ2n) is 8.03. The van der Waals surface area contributed by atoms with Gasteiger partial charge in [0.05, 0.1) is 28.7 Å². The summed E-state index contributed by atoms with van der Waals surface area (Å²) in [7, 11) is -3.35. The number of hydrazone groups is 1. The van der Waals surface area contributed by atoms with Gasteiger partial charge in [0.2, 0.25) is 10.0 Å². The SMILES string of the molecule is C/C(=N\NC(=O)c1cc(-c2cccc(C)c2)nc2ccccc12)c1ccc(NS(C)(=O)=O)cc1. The molecular weight excluding hydrogens is 448 g/mol. The van der Waals surface area contributed by atoms with Crippen LogP contribution in [0.3, 0.4) is 0 Å². The van der Waals surface area contributed by atoms with Crippen LogP contribution >= 0.6 is 0 Å². The molecule has 0 fully saturated rings. The highest BCUT2D eigenvalue weighted by Gasteiger charge is 2.14. The molecule has 172 valence electrons. The first-order chi connectivity index (χ1) is 16.2. The quantitative estimate of drug-likeness (QED) is 0.313. The number of anilines is 1. The third-order valence-corrected chi connectivity index (χ3v) is 5.81. The van der Waals surface area contributed by atoms with E-state index >= 15 is 0 Å². The lowest BCUT2D eigenvalue weighted by molar-refractivity contribution is 0.0956. The summed E-state index contributed by atoms with van der Waals surface area (Å²) in [4.78, 5) is 17.9. The monoisotopic (exact) mass is 472 g/mol. The molecule has 0 radical (unpaired) electrons. The van der Waals surface area contributed by atoms with E-state index < -0.39 is 10.0 Å². The van der Waals surface area contributed by atoms with Gasteiger partial charge in [-0.2, -0.15) is 5.10 Å². The minimum Gasteiger partial charge on any atom is -0.284 e. The summed E-state index contributed by atoms with van der Waals surface area (Å²) in [6.45, 7) is 3.78. The Labute approximate surface area is 198 Å². The average molecular weight is 473 g/mol. The van der Waals surface area contributed by atoms with Crippen molar-refractivity contribution in [3.8, 4) is 11.3 Å². The normalized spacial score (nSPS) is 11.9. The van der Waals surface area contributed by atoms with Crippen molar-refractivity contribution in [3.05, 3.63) is 95.6 Å². The Bertz CT molecular complexity index is 1510. The number of hydrogen-bond donors (Lipinski definition) is 2. The second kappa shape index (κ2) is 9.44. The summed E-state index contributed by atoms with van der Waals surface area (Å²) >= 11 is 0. The Kier molecular flexibility index (Phi) is 6.43. The molecule has 2 N–H and O–H groups in total. The van der Waals surface area contributed by atoms with Gasteiger partial charge in [0.25, 0.3) is 5.91 Å². The molecule has 7 nitrogen and oxygen atoms in total. The molecule has 1 amide bonds. The fourth-order valence-corrected chi connectivity index (χ4v) is 4.13. The number of carbonyl (C=O) groups excluding carboxylic acids is 1. The van der Waals surface area contributed by atoms with E-state index in [4.69, 9.17) is 4.98 Å². The zero-order valence-corrected chi connectivity index (χ0v) is 19.8. The van der Waals surface area contributed by atoms with E-state index in [2.05, 4.69) is 15.2 Å². The maximum atomic E-state index is 13.1. The number of aryl methyl sites for hydroxylation is 1. The standard InChI is InChI=1S/C26H24N4O3S/c1-17-7-6-8-20(15-17)25-16-23(22-9-4-5-10-24(22)27-25)26(31)29-28-18(2)19-11-13-21(14-12-19)30-34(3,32)33/h4-16,30H,1-3H3,(H,29,31)/b28-18+. The lowest BCUT2D eigenvalue weighted by Gasteiger charge is -2.10. The van der Waals surface area contributed by atoms with Gasteiger partial charge in [0, 0.05) is 16.6 Å². The molecule has 0 aliphatic heterocycles. The van der Waals surface area contributed by atoms with Gasteiger partial charge in [-0.3, -0.25) is 9.52 Å². The Morgan fingerprint density at radius 3 is 2.38 bits per heavy atom. The number of aromatic nitrogens is 1. The van der Waals surface area contributed by atoms with Gasteiger partial charge in [-0.05, 0) is 49.7 Å². The van der Waals surface area contributed by atoms with Crippen molar-refractivity contribution in [2.24, 2.45) is 5.10 Å². The van der Waals surface area contributed by atoms with E-state index in [1.165, 1.54) is 0 Å². The minimum atomic E-state index is -3.35. The smallest absolute Gasteiger partial charge is 0.272 e. The molecule has 0 aliphatic carbocycles. The van der Waals surface area contributed by atoms with Crippen molar-refractivity contribution >= 4 is 38.2 Å². The number of nitrogens with zero attached hydrogens (tertiary/aromatic N) is 2. The van der Waals surface area contributed by atoms with Gasteiger partial charge in [-0.25, -0.2) is 18.8 Å². The summed E-state index contributed by atoms with van der Waals surface area (Å²) in [5, 5.41) is 4.99. The highest BCUT2D eigenvalue weighted by Crippen LogP contribution is 2.25. The van der Waals surface area contributed by atoms with E-state index in [9.17, 15) is 13.2 Å². The maximum Gasteiger partial charge on any atom is 0.272 e. The molecule has 34 heavy (non-hydrogen) atoms. The van der Waals surface area contributed by atoms with Gasteiger partial charge < -0.3 is 0 Å².